The standard InChI is InChI=1S/C23H23ClO5/c1-6-12(3)8-9-14-10-15-16(11-28-14)18-17(20(25)13(4)7-2)22(27)29-23(18,5)21(26)19(15)24/h7-12H,6H2,1-5H3/t12-,23-/m0/s1. The first-order valence-corrected chi connectivity index (χ1v) is 9.91. The highest BCUT2D eigenvalue weighted by molar-refractivity contribution is 6.46. The van der Waals surface area contributed by atoms with Crippen LogP contribution in [-0.2, 0) is 23.9 Å². The van der Waals surface area contributed by atoms with E-state index in [9.17, 15) is 14.4 Å². The zero-order chi connectivity index (χ0) is 21.5. The Morgan fingerprint density at radius 1 is 1.34 bits per heavy atom. The molecule has 0 aromatic carbocycles. The Morgan fingerprint density at radius 3 is 2.66 bits per heavy atom. The Balaban J connectivity index is 2.17. The number of esters is 1. The van der Waals surface area contributed by atoms with Gasteiger partial charge in [-0.3, -0.25) is 9.59 Å². The lowest BCUT2D eigenvalue weighted by Crippen LogP contribution is -2.42. The van der Waals surface area contributed by atoms with Crippen molar-refractivity contribution in [1.29, 1.82) is 0 Å². The van der Waals surface area contributed by atoms with E-state index in [0.717, 1.165) is 6.42 Å². The maximum absolute atomic E-state index is 13.0. The van der Waals surface area contributed by atoms with Crippen molar-refractivity contribution < 1.29 is 23.9 Å². The number of hydrogen-bond donors (Lipinski definition) is 0. The molecule has 1 aliphatic carbocycles. The van der Waals surface area contributed by atoms with E-state index in [2.05, 4.69) is 13.8 Å². The molecule has 0 saturated heterocycles. The van der Waals surface area contributed by atoms with E-state index in [1.54, 1.807) is 26.0 Å². The fraction of sp³-hybridized carbons (Fsp3) is 0.348. The van der Waals surface area contributed by atoms with Crippen LogP contribution in [0.25, 0.3) is 0 Å². The summed E-state index contributed by atoms with van der Waals surface area (Å²) in [5, 5.41) is -0.0514. The highest BCUT2D eigenvalue weighted by atomic mass is 35.5. The number of fused-ring (bicyclic) bond motifs is 3. The summed E-state index contributed by atoms with van der Waals surface area (Å²) in [6, 6.07) is 0. The quantitative estimate of drug-likeness (QED) is 0.373. The van der Waals surface area contributed by atoms with Gasteiger partial charge in [-0.25, -0.2) is 4.79 Å². The Labute approximate surface area is 175 Å². The number of halogens is 1. The molecule has 0 fully saturated rings. The van der Waals surface area contributed by atoms with Gasteiger partial charge in [-0.2, -0.15) is 0 Å². The van der Waals surface area contributed by atoms with E-state index in [0.29, 0.717) is 28.4 Å². The van der Waals surface area contributed by atoms with Crippen LogP contribution in [0.4, 0.5) is 0 Å². The summed E-state index contributed by atoms with van der Waals surface area (Å²) >= 11 is 6.37. The molecule has 0 aromatic heterocycles. The Bertz CT molecular complexity index is 1000. The first kappa shape index (κ1) is 21.1. The molecule has 3 rings (SSSR count). The van der Waals surface area contributed by atoms with Crippen molar-refractivity contribution in [3.8, 4) is 0 Å². The van der Waals surface area contributed by atoms with Crippen LogP contribution in [0.3, 0.4) is 0 Å². The summed E-state index contributed by atoms with van der Waals surface area (Å²) in [5.41, 5.74) is -0.381. The van der Waals surface area contributed by atoms with Crippen molar-refractivity contribution in [2.24, 2.45) is 5.92 Å². The van der Waals surface area contributed by atoms with Crippen LogP contribution in [0.2, 0.25) is 0 Å². The monoisotopic (exact) mass is 414 g/mol. The minimum Gasteiger partial charge on any atom is -0.464 e. The summed E-state index contributed by atoms with van der Waals surface area (Å²) < 4.78 is 11.1. The van der Waals surface area contributed by atoms with Gasteiger partial charge >= 0.3 is 5.97 Å². The lowest BCUT2D eigenvalue weighted by atomic mass is 9.75. The van der Waals surface area contributed by atoms with Gasteiger partial charge in [0, 0.05) is 16.7 Å². The van der Waals surface area contributed by atoms with Crippen molar-refractivity contribution in [3.63, 3.8) is 0 Å². The van der Waals surface area contributed by atoms with E-state index in [1.165, 1.54) is 13.2 Å². The van der Waals surface area contributed by atoms with Gasteiger partial charge in [0.1, 0.15) is 11.3 Å². The van der Waals surface area contributed by atoms with Gasteiger partial charge in [0.15, 0.2) is 11.4 Å². The van der Waals surface area contributed by atoms with Gasteiger partial charge in [0.05, 0.1) is 11.3 Å². The maximum Gasteiger partial charge on any atom is 0.343 e. The van der Waals surface area contributed by atoms with Crippen LogP contribution >= 0.6 is 11.6 Å². The second-order valence-electron chi connectivity index (χ2n) is 7.47. The minimum atomic E-state index is -1.65. The molecule has 5 nitrogen and oxygen atoms in total. The molecule has 2 atom stereocenters. The third-order valence-corrected chi connectivity index (χ3v) is 5.88. The molecule has 6 heteroatoms. The lowest BCUT2D eigenvalue weighted by Gasteiger charge is -2.33. The van der Waals surface area contributed by atoms with Crippen LogP contribution in [0.15, 0.2) is 69.2 Å². The number of Topliss-reactive ketones (excluding diaryl/α,β-unsaturated/α-hetero) is 2. The lowest BCUT2D eigenvalue weighted by molar-refractivity contribution is -0.153. The maximum atomic E-state index is 13.0. The average molecular weight is 415 g/mol. The molecule has 0 bridgehead atoms. The van der Waals surface area contributed by atoms with E-state index >= 15 is 0 Å². The van der Waals surface area contributed by atoms with Gasteiger partial charge in [-0.05, 0) is 44.4 Å². The fourth-order valence-electron chi connectivity index (χ4n) is 3.35. The zero-order valence-corrected chi connectivity index (χ0v) is 17.8. The topological polar surface area (TPSA) is 69.7 Å². The molecule has 29 heavy (non-hydrogen) atoms. The molecular weight excluding hydrogens is 392 g/mol. The van der Waals surface area contributed by atoms with Crippen LogP contribution in [0, 0.1) is 5.92 Å². The molecule has 0 spiro atoms. The molecule has 0 aromatic rings. The van der Waals surface area contributed by atoms with Gasteiger partial charge < -0.3 is 9.47 Å². The number of carbonyl (C=O) groups is 3. The van der Waals surface area contributed by atoms with Crippen molar-refractivity contribution in [1.82, 2.24) is 0 Å². The van der Waals surface area contributed by atoms with Crippen LogP contribution < -0.4 is 0 Å². The van der Waals surface area contributed by atoms with Gasteiger partial charge in [0.25, 0.3) is 0 Å². The molecule has 0 N–H and O–H groups in total. The first-order chi connectivity index (χ1) is 13.7. The third kappa shape index (κ3) is 3.33. The minimum absolute atomic E-state index is 0.0514. The number of rotatable bonds is 5. The van der Waals surface area contributed by atoms with Crippen LogP contribution in [0.5, 0.6) is 0 Å². The predicted octanol–water partition coefficient (Wildman–Crippen LogP) is 4.61. The fourth-order valence-corrected chi connectivity index (χ4v) is 3.68. The summed E-state index contributed by atoms with van der Waals surface area (Å²) in [5.74, 6) is -0.989. The first-order valence-electron chi connectivity index (χ1n) is 9.53. The molecule has 0 amide bonds. The van der Waals surface area contributed by atoms with Crippen molar-refractivity contribution in [2.75, 3.05) is 0 Å². The number of ketones is 2. The molecule has 3 aliphatic rings. The van der Waals surface area contributed by atoms with E-state index in [-0.39, 0.29) is 16.2 Å². The third-order valence-electron chi connectivity index (χ3n) is 5.51. The Hall–Kier alpha value is -2.66. The second-order valence-corrected chi connectivity index (χ2v) is 7.85. The molecule has 2 heterocycles. The summed E-state index contributed by atoms with van der Waals surface area (Å²) in [6.07, 6.45) is 9.48. The highest BCUT2D eigenvalue weighted by Crippen LogP contribution is 2.49. The highest BCUT2D eigenvalue weighted by Gasteiger charge is 2.57. The SMILES string of the molecule is CC=C(C)C(=O)C1=C2C3=COC(C=C[C@@H](C)CC)=CC3=C(Cl)C(=O)[C@@]2(C)OC1=O. The van der Waals surface area contributed by atoms with E-state index in [4.69, 9.17) is 21.1 Å². The van der Waals surface area contributed by atoms with Crippen molar-refractivity contribution in [2.45, 2.75) is 46.6 Å². The van der Waals surface area contributed by atoms with E-state index in [1.807, 2.05) is 12.2 Å². The number of allylic oxidation sites excluding steroid dienone is 6. The Kier molecular flexibility index (Phi) is 5.54. The number of ether oxygens (including phenoxy) is 2. The van der Waals surface area contributed by atoms with E-state index < -0.39 is 23.1 Å². The Morgan fingerprint density at radius 2 is 2.03 bits per heavy atom. The van der Waals surface area contributed by atoms with Crippen LogP contribution in [0.1, 0.15) is 41.0 Å². The summed E-state index contributed by atoms with van der Waals surface area (Å²) in [6.45, 7) is 8.93. The molecular formula is C23H23ClO5. The molecule has 2 aliphatic heterocycles. The van der Waals surface area contributed by atoms with Gasteiger partial charge in [-0.15, -0.1) is 0 Å². The smallest absolute Gasteiger partial charge is 0.343 e. The average Bonchev–Trinajstić information content (AvgIpc) is 3.00. The molecule has 0 unspecified atom stereocenters. The largest absolute Gasteiger partial charge is 0.464 e. The molecule has 152 valence electrons. The summed E-state index contributed by atoms with van der Waals surface area (Å²) in [4.78, 5) is 38.4. The van der Waals surface area contributed by atoms with Crippen LogP contribution in [-0.4, -0.2) is 23.1 Å². The zero-order valence-electron chi connectivity index (χ0n) is 17.1. The van der Waals surface area contributed by atoms with Gasteiger partial charge in [-0.1, -0.05) is 44.0 Å². The van der Waals surface area contributed by atoms with Crippen molar-refractivity contribution in [3.05, 3.63) is 69.2 Å². The van der Waals surface area contributed by atoms with Crippen molar-refractivity contribution >= 4 is 29.1 Å². The predicted molar refractivity (Wildman–Crippen MR) is 110 cm³/mol. The molecule has 0 saturated carbocycles. The number of carbonyl (C=O) groups excluding carboxylic acids is 3. The number of hydrogen-bond acceptors (Lipinski definition) is 5. The molecule has 0 radical (unpaired) electrons. The van der Waals surface area contributed by atoms with Gasteiger partial charge in [0.2, 0.25) is 5.78 Å². The summed E-state index contributed by atoms with van der Waals surface area (Å²) in [7, 11) is 0. The second kappa shape index (κ2) is 7.64. The normalized spacial score (nSPS) is 25.4.